The van der Waals surface area contributed by atoms with Gasteiger partial charge in [-0.25, -0.2) is 0 Å². The molecule has 22 heavy (non-hydrogen) atoms. The number of hydrogen-bond acceptors (Lipinski definition) is 0. The summed E-state index contributed by atoms with van der Waals surface area (Å²) in [4.78, 5) is 0. The van der Waals surface area contributed by atoms with Gasteiger partial charge < -0.3 is 0 Å². The zero-order valence-electron chi connectivity index (χ0n) is 12.5. The average Bonchev–Trinajstić information content (AvgIpc) is 2.90. The lowest BCUT2D eigenvalue weighted by Gasteiger charge is -2.10. The molecule has 0 N–H and O–H groups in total. The van der Waals surface area contributed by atoms with E-state index in [9.17, 15) is 13.2 Å². The third kappa shape index (κ3) is 2.68. The molecule has 0 heterocycles. The van der Waals surface area contributed by atoms with Crippen LogP contribution in [0, 0.1) is 5.92 Å². The smallest absolute Gasteiger partial charge is 0.166 e. The van der Waals surface area contributed by atoms with Gasteiger partial charge in [-0.2, -0.15) is 13.2 Å². The first-order valence-corrected chi connectivity index (χ1v) is 7.36. The van der Waals surface area contributed by atoms with E-state index < -0.39 is 11.7 Å². The Hall–Kier alpha value is -2.03. The molecule has 0 bridgehead atoms. The summed E-state index contributed by atoms with van der Waals surface area (Å²) < 4.78 is 38.0. The van der Waals surface area contributed by atoms with Gasteiger partial charge in [-0.15, -0.1) is 0 Å². The molecule has 0 nitrogen and oxygen atoms in total. The van der Waals surface area contributed by atoms with Gasteiger partial charge in [0.05, 0.1) is 5.56 Å². The van der Waals surface area contributed by atoms with Crippen molar-refractivity contribution in [3.63, 3.8) is 0 Å². The first kappa shape index (κ1) is 14.9. The van der Waals surface area contributed by atoms with Gasteiger partial charge >= 0.3 is 6.18 Å². The minimum absolute atomic E-state index is 0.479. The Labute approximate surface area is 128 Å². The lowest BCUT2D eigenvalue weighted by molar-refractivity contribution is -0.137. The maximum Gasteiger partial charge on any atom is 0.416 e. The Bertz CT molecular complexity index is 719. The number of alkyl halides is 3. The van der Waals surface area contributed by atoms with Crippen molar-refractivity contribution in [3.05, 3.63) is 64.7 Å². The van der Waals surface area contributed by atoms with Crippen LogP contribution >= 0.6 is 0 Å². The van der Waals surface area contributed by atoms with Crippen molar-refractivity contribution >= 4 is 6.08 Å². The van der Waals surface area contributed by atoms with Gasteiger partial charge in [-0.1, -0.05) is 55.8 Å². The molecule has 0 aromatic heterocycles. The van der Waals surface area contributed by atoms with Crippen molar-refractivity contribution in [2.24, 2.45) is 5.92 Å². The highest BCUT2D eigenvalue weighted by Gasteiger charge is 2.30. The number of rotatable bonds is 2. The normalized spacial score (nSPS) is 14.2. The van der Waals surface area contributed by atoms with E-state index in [0.717, 1.165) is 35.2 Å². The molecule has 1 aliphatic carbocycles. The first-order valence-electron chi connectivity index (χ1n) is 7.36. The molecule has 114 valence electrons. The number of hydrogen-bond donors (Lipinski definition) is 0. The van der Waals surface area contributed by atoms with Crippen LogP contribution in [-0.4, -0.2) is 0 Å². The van der Waals surface area contributed by atoms with Crippen LogP contribution in [0.2, 0.25) is 0 Å². The van der Waals surface area contributed by atoms with Gasteiger partial charge in [0.15, 0.2) is 0 Å². The molecule has 2 aromatic carbocycles. The molecule has 0 unspecified atom stereocenters. The second-order valence-corrected chi connectivity index (χ2v) is 6.00. The molecule has 0 radical (unpaired) electrons. The van der Waals surface area contributed by atoms with Crippen molar-refractivity contribution in [1.29, 1.82) is 0 Å². The lowest BCUT2D eigenvalue weighted by Crippen LogP contribution is -2.04. The number of allylic oxidation sites excluding steroid dienone is 1. The molecule has 0 fully saturated rings. The number of fused-ring (bicyclic) bond motifs is 1. The third-order valence-electron chi connectivity index (χ3n) is 4.19. The van der Waals surface area contributed by atoms with Crippen molar-refractivity contribution in [2.75, 3.05) is 0 Å². The fourth-order valence-electron chi connectivity index (χ4n) is 2.86. The zero-order chi connectivity index (χ0) is 15.9. The molecule has 0 saturated carbocycles. The van der Waals surface area contributed by atoms with Gasteiger partial charge in [-0.05, 0) is 46.7 Å². The Morgan fingerprint density at radius 1 is 0.955 bits per heavy atom. The van der Waals surface area contributed by atoms with Crippen LogP contribution in [0.1, 0.15) is 30.5 Å². The van der Waals surface area contributed by atoms with Gasteiger partial charge in [-0.3, -0.25) is 0 Å². The highest BCUT2D eigenvalue weighted by molar-refractivity contribution is 5.81. The maximum absolute atomic E-state index is 12.7. The van der Waals surface area contributed by atoms with E-state index in [0.29, 0.717) is 5.92 Å². The molecule has 0 amide bonds. The van der Waals surface area contributed by atoms with Gasteiger partial charge in [0, 0.05) is 0 Å². The quantitative estimate of drug-likeness (QED) is 0.641. The van der Waals surface area contributed by atoms with E-state index in [-0.39, 0.29) is 0 Å². The minimum atomic E-state index is -4.29. The Kier molecular flexibility index (Phi) is 3.59. The Morgan fingerprint density at radius 3 is 2.23 bits per heavy atom. The van der Waals surface area contributed by atoms with Gasteiger partial charge in [0.25, 0.3) is 0 Å². The summed E-state index contributed by atoms with van der Waals surface area (Å²) in [5, 5.41) is 0. The Morgan fingerprint density at radius 2 is 1.64 bits per heavy atom. The monoisotopic (exact) mass is 302 g/mol. The number of benzene rings is 2. The second-order valence-electron chi connectivity index (χ2n) is 6.00. The highest BCUT2D eigenvalue weighted by atomic mass is 19.4. The van der Waals surface area contributed by atoms with Crippen LogP contribution in [0.25, 0.3) is 17.2 Å². The van der Waals surface area contributed by atoms with E-state index in [2.05, 4.69) is 26.0 Å². The highest BCUT2D eigenvalue weighted by Crippen LogP contribution is 2.37. The summed E-state index contributed by atoms with van der Waals surface area (Å²) in [6.07, 6.45) is -1.17. The van der Waals surface area contributed by atoms with Crippen molar-refractivity contribution in [1.82, 2.24) is 0 Å². The van der Waals surface area contributed by atoms with Crippen LogP contribution < -0.4 is 0 Å². The molecule has 1 aliphatic rings. The number of halogens is 3. The van der Waals surface area contributed by atoms with E-state index in [1.807, 2.05) is 12.1 Å². The predicted octanol–water partition coefficient (Wildman–Crippen LogP) is 5.97. The summed E-state index contributed by atoms with van der Waals surface area (Å²) in [6.45, 7) is 4.32. The molecular formula is C19H17F3. The molecule has 3 heteroatoms. The average molecular weight is 302 g/mol. The topological polar surface area (TPSA) is 0 Å². The summed E-state index contributed by atoms with van der Waals surface area (Å²) in [5.41, 5.74) is 4.98. The van der Waals surface area contributed by atoms with Gasteiger partial charge in [0.2, 0.25) is 0 Å². The molecular weight excluding hydrogens is 285 g/mol. The third-order valence-corrected chi connectivity index (χ3v) is 4.19. The van der Waals surface area contributed by atoms with E-state index in [1.165, 1.54) is 11.1 Å². The SMILES string of the molecule is CC(C)C1=Cc2c(cccc2-c2ccc(C(F)(F)F)cc2)C1. The molecule has 0 atom stereocenters. The van der Waals surface area contributed by atoms with Crippen LogP contribution in [0.5, 0.6) is 0 Å². The molecule has 3 rings (SSSR count). The van der Waals surface area contributed by atoms with Crippen molar-refractivity contribution in [3.8, 4) is 11.1 Å². The summed E-state index contributed by atoms with van der Waals surface area (Å²) in [7, 11) is 0. The maximum atomic E-state index is 12.7. The van der Waals surface area contributed by atoms with E-state index >= 15 is 0 Å². The summed E-state index contributed by atoms with van der Waals surface area (Å²) >= 11 is 0. The predicted molar refractivity (Wildman–Crippen MR) is 83.4 cm³/mol. The first-order chi connectivity index (χ1) is 10.4. The minimum Gasteiger partial charge on any atom is -0.166 e. The second kappa shape index (κ2) is 5.31. The molecule has 2 aromatic rings. The summed E-state index contributed by atoms with van der Waals surface area (Å²) in [6, 6.07) is 11.5. The molecule has 0 aliphatic heterocycles. The zero-order valence-corrected chi connectivity index (χ0v) is 12.5. The van der Waals surface area contributed by atoms with Crippen LogP contribution in [0.4, 0.5) is 13.2 Å². The fourth-order valence-corrected chi connectivity index (χ4v) is 2.86. The summed E-state index contributed by atoms with van der Waals surface area (Å²) in [5.74, 6) is 0.479. The van der Waals surface area contributed by atoms with Crippen LogP contribution in [0.15, 0.2) is 48.0 Å². The van der Waals surface area contributed by atoms with Crippen LogP contribution in [0.3, 0.4) is 0 Å². The molecule has 0 spiro atoms. The lowest BCUT2D eigenvalue weighted by atomic mass is 9.96. The van der Waals surface area contributed by atoms with Crippen molar-refractivity contribution in [2.45, 2.75) is 26.4 Å². The van der Waals surface area contributed by atoms with Crippen molar-refractivity contribution < 1.29 is 13.2 Å². The van der Waals surface area contributed by atoms with E-state index in [1.54, 1.807) is 12.1 Å². The molecule has 0 saturated heterocycles. The Balaban J connectivity index is 2.03. The standard InChI is InChI=1S/C19H17F3/c1-12(2)15-10-14-4-3-5-17(18(14)11-15)13-6-8-16(9-7-13)19(20,21)22/h3-9,11-12H,10H2,1-2H3. The largest absolute Gasteiger partial charge is 0.416 e. The fraction of sp³-hybridized carbons (Fsp3) is 0.263. The van der Waals surface area contributed by atoms with Gasteiger partial charge in [0.1, 0.15) is 0 Å². The van der Waals surface area contributed by atoms with E-state index in [4.69, 9.17) is 0 Å². The van der Waals surface area contributed by atoms with Crippen LogP contribution in [-0.2, 0) is 12.6 Å².